The molecule has 0 bridgehead atoms. The van der Waals surface area contributed by atoms with Crippen LogP contribution in [0.25, 0.3) is 11.3 Å². The fraction of sp³-hybridized carbons (Fsp3) is 0.400. The third-order valence-corrected chi connectivity index (χ3v) is 6.23. The van der Waals surface area contributed by atoms with Crippen LogP contribution >= 0.6 is 0 Å². The highest BCUT2D eigenvalue weighted by atomic mass is 16.5. The van der Waals surface area contributed by atoms with Crippen molar-refractivity contribution in [3.05, 3.63) is 54.1 Å². The predicted octanol–water partition coefficient (Wildman–Crippen LogP) is 3.74. The summed E-state index contributed by atoms with van der Waals surface area (Å²) in [5.41, 5.74) is 3.83. The first-order chi connectivity index (χ1) is 16.8. The number of hydrogen-bond acceptors (Lipinski definition) is 9. The molecule has 0 radical (unpaired) electrons. The molecule has 9 heteroatoms. The van der Waals surface area contributed by atoms with E-state index < -0.39 is 0 Å². The van der Waals surface area contributed by atoms with Crippen molar-refractivity contribution < 1.29 is 4.74 Å². The topological polar surface area (TPSA) is 112 Å². The summed E-state index contributed by atoms with van der Waals surface area (Å²) in [6, 6.07) is 10.3. The van der Waals surface area contributed by atoms with Crippen molar-refractivity contribution in [2.24, 2.45) is 0 Å². The molecule has 2 N–H and O–H groups in total. The first-order valence-electron chi connectivity index (χ1n) is 11.8. The Bertz CT molecular complexity index is 1150. The van der Waals surface area contributed by atoms with Gasteiger partial charge in [0.25, 0.3) is 0 Å². The van der Waals surface area contributed by atoms with Gasteiger partial charge in [0.05, 0.1) is 42.0 Å². The number of morpholine rings is 1. The molecule has 0 unspecified atom stereocenters. The van der Waals surface area contributed by atoms with Crippen molar-refractivity contribution in [1.82, 2.24) is 24.8 Å². The molecule has 2 aliphatic rings. The molecule has 3 aromatic rings. The maximum absolute atomic E-state index is 9.65. The van der Waals surface area contributed by atoms with Gasteiger partial charge in [-0.2, -0.15) is 5.26 Å². The number of nitrogens with one attached hydrogen (secondary N) is 2. The van der Waals surface area contributed by atoms with E-state index in [4.69, 9.17) is 4.74 Å². The Morgan fingerprint density at radius 1 is 1.06 bits per heavy atom. The molecule has 1 aliphatic heterocycles. The minimum atomic E-state index is 0.397. The van der Waals surface area contributed by atoms with E-state index in [1.807, 2.05) is 24.3 Å². The molecule has 0 spiro atoms. The van der Waals surface area contributed by atoms with Crippen LogP contribution in [-0.2, 0) is 11.3 Å². The molecule has 0 amide bonds. The Hall–Kier alpha value is -3.61. The van der Waals surface area contributed by atoms with Gasteiger partial charge in [-0.1, -0.05) is 12.8 Å². The van der Waals surface area contributed by atoms with Crippen molar-refractivity contribution in [3.8, 4) is 17.3 Å². The van der Waals surface area contributed by atoms with E-state index in [2.05, 4.69) is 41.5 Å². The Kier molecular flexibility index (Phi) is 6.89. The van der Waals surface area contributed by atoms with Crippen molar-refractivity contribution in [2.45, 2.75) is 38.3 Å². The van der Waals surface area contributed by atoms with Crippen LogP contribution in [0.2, 0.25) is 0 Å². The summed E-state index contributed by atoms with van der Waals surface area (Å²) >= 11 is 0. The third-order valence-electron chi connectivity index (χ3n) is 6.23. The first kappa shape index (κ1) is 22.2. The number of rotatable bonds is 7. The second-order valence-corrected chi connectivity index (χ2v) is 8.67. The van der Waals surface area contributed by atoms with Gasteiger partial charge in [-0.25, -0.2) is 15.0 Å². The lowest BCUT2D eigenvalue weighted by atomic mass is 10.1. The predicted molar refractivity (Wildman–Crippen MR) is 129 cm³/mol. The minimum Gasteiger partial charge on any atom is -0.379 e. The molecule has 0 atom stereocenters. The largest absolute Gasteiger partial charge is 0.379 e. The molecule has 9 nitrogen and oxygen atoms in total. The first-order valence-corrected chi connectivity index (χ1v) is 11.8. The van der Waals surface area contributed by atoms with Crippen LogP contribution < -0.4 is 10.6 Å². The zero-order valence-corrected chi connectivity index (χ0v) is 19.1. The minimum absolute atomic E-state index is 0.397. The zero-order chi connectivity index (χ0) is 23.2. The third kappa shape index (κ3) is 5.47. The van der Waals surface area contributed by atoms with Gasteiger partial charge in [0.1, 0.15) is 11.9 Å². The summed E-state index contributed by atoms with van der Waals surface area (Å²) < 4.78 is 5.40. The Morgan fingerprint density at radius 3 is 2.68 bits per heavy atom. The second kappa shape index (κ2) is 10.5. The number of pyridine rings is 2. The van der Waals surface area contributed by atoms with Gasteiger partial charge in [0.15, 0.2) is 0 Å². The molecule has 3 aromatic heterocycles. The number of nitriles is 1. The standard InChI is InChI=1S/C25H28N8O/c26-14-18-13-19(15-29-24(18)30-20-3-1-2-4-20)23-7-8-27-25(32-23)31-21-5-6-22(28-16-21)17-33-9-11-34-12-10-33/h5-8,13,15-16,20H,1-4,9-12,17H2,(H,29,30)(H,27,31,32). The second-order valence-electron chi connectivity index (χ2n) is 8.67. The molecule has 0 aromatic carbocycles. The smallest absolute Gasteiger partial charge is 0.227 e. The van der Waals surface area contributed by atoms with E-state index in [1.54, 1.807) is 18.6 Å². The summed E-state index contributed by atoms with van der Waals surface area (Å²) in [6.07, 6.45) is 9.94. The summed E-state index contributed by atoms with van der Waals surface area (Å²) in [6.45, 7) is 4.23. The van der Waals surface area contributed by atoms with E-state index >= 15 is 0 Å². The maximum Gasteiger partial charge on any atom is 0.227 e. The monoisotopic (exact) mass is 456 g/mol. The number of nitrogens with zero attached hydrogens (tertiary/aromatic N) is 6. The number of anilines is 3. The van der Waals surface area contributed by atoms with Gasteiger partial charge in [-0.15, -0.1) is 0 Å². The fourth-order valence-electron chi connectivity index (χ4n) is 4.36. The molecule has 174 valence electrons. The summed E-state index contributed by atoms with van der Waals surface area (Å²) in [7, 11) is 0. The lowest BCUT2D eigenvalue weighted by molar-refractivity contribution is 0.0336. The molecule has 1 saturated heterocycles. The highest BCUT2D eigenvalue weighted by Crippen LogP contribution is 2.26. The van der Waals surface area contributed by atoms with Gasteiger partial charge in [0, 0.05) is 43.6 Å². The van der Waals surface area contributed by atoms with E-state index in [-0.39, 0.29) is 0 Å². The number of hydrogen-bond donors (Lipinski definition) is 2. The van der Waals surface area contributed by atoms with Crippen molar-refractivity contribution >= 4 is 17.5 Å². The molecule has 1 aliphatic carbocycles. The Morgan fingerprint density at radius 2 is 1.91 bits per heavy atom. The summed E-state index contributed by atoms with van der Waals surface area (Å²) in [5, 5.41) is 16.3. The average molecular weight is 457 g/mol. The van der Waals surface area contributed by atoms with Gasteiger partial charge in [0.2, 0.25) is 5.95 Å². The van der Waals surface area contributed by atoms with Crippen molar-refractivity contribution in [3.63, 3.8) is 0 Å². The highest BCUT2D eigenvalue weighted by Gasteiger charge is 2.17. The van der Waals surface area contributed by atoms with E-state index in [0.29, 0.717) is 29.1 Å². The van der Waals surface area contributed by atoms with Crippen molar-refractivity contribution in [1.29, 1.82) is 5.26 Å². The quantitative estimate of drug-likeness (QED) is 0.549. The molecular weight excluding hydrogens is 428 g/mol. The SMILES string of the molecule is N#Cc1cc(-c2ccnc(Nc3ccc(CN4CCOCC4)nc3)n2)cnc1NC1CCCC1. The Labute approximate surface area is 199 Å². The number of aromatic nitrogens is 4. The lowest BCUT2D eigenvalue weighted by Crippen LogP contribution is -2.35. The Balaban J connectivity index is 1.26. The van der Waals surface area contributed by atoms with E-state index in [9.17, 15) is 5.26 Å². The summed E-state index contributed by atoms with van der Waals surface area (Å²) in [4.78, 5) is 20.4. The number of ether oxygens (including phenoxy) is 1. The molecule has 2 fully saturated rings. The fourth-order valence-corrected chi connectivity index (χ4v) is 4.36. The maximum atomic E-state index is 9.65. The van der Waals surface area contributed by atoms with Crippen LogP contribution in [-0.4, -0.2) is 57.2 Å². The van der Waals surface area contributed by atoms with Gasteiger partial charge in [-0.05, 0) is 37.1 Å². The molecule has 4 heterocycles. The van der Waals surface area contributed by atoms with Crippen molar-refractivity contribution in [2.75, 3.05) is 36.9 Å². The van der Waals surface area contributed by atoms with Crippen LogP contribution in [0.1, 0.15) is 36.9 Å². The van der Waals surface area contributed by atoms with Crippen LogP contribution in [0.4, 0.5) is 17.5 Å². The van der Waals surface area contributed by atoms with Crippen LogP contribution in [0.3, 0.4) is 0 Å². The normalized spacial score (nSPS) is 16.8. The molecular formula is C25H28N8O. The lowest BCUT2D eigenvalue weighted by Gasteiger charge is -2.26. The summed E-state index contributed by atoms with van der Waals surface area (Å²) in [5.74, 6) is 1.11. The van der Waals surface area contributed by atoms with E-state index in [1.165, 1.54) is 12.8 Å². The molecule has 34 heavy (non-hydrogen) atoms. The molecule has 5 rings (SSSR count). The van der Waals surface area contributed by atoms with Crippen LogP contribution in [0, 0.1) is 11.3 Å². The van der Waals surface area contributed by atoms with Gasteiger partial charge >= 0.3 is 0 Å². The molecule has 1 saturated carbocycles. The van der Waals surface area contributed by atoms with Crippen LogP contribution in [0.15, 0.2) is 42.9 Å². The van der Waals surface area contributed by atoms with Gasteiger partial charge < -0.3 is 15.4 Å². The van der Waals surface area contributed by atoms with E-state index in [0.717, 1.165) is 62.6 Å². The van der Waals surface area contributed by atoms with Crippen LogP contribution in [0.5, 0.6) is 0 Å². The highest BCUT2D eigenvalue weighted by molar-refractivity contribution is 5.66. The zero-order valence-electron chi connectivity index (χ0n) is 19.1. The van der Waals surface area contributed by atoms with Gasteiger partial charge in [-0.3, -0.25) is 9.88 Å². The average Bonchev–Trinajstić information content (AvgIpc) is 3.39.